The number of nitrogens with zero attached hydrogens (tertiary/aromatic N) is 3. The molecule has 1 aromatic carbocycles. The van der Waals surface area contributed by atoms with Gasteiger partial charge in [-0.1, -0.05) is 48.2 Å². The number of hydrogen-bond donors (Lipinski definition) is 1. The zero-order valence-electron chi connectivity index (χ0n) is 12.5. The average Bonchev–Trinajstić information content (AvgIpc) is 3.19. The normalized spacial score (nSPS) is 12.2. The van der Waals surface area contributed by atoms with Crippen LogP contribution in [-0.4, -0.2) is 25.9 Å². The van der Waals surface area contributed by atoms with Gasteiger partial charge in [0.15, 0.2) is 11.0 Å². The molecule has 0 aliphatic carbocycles. The summed E-state index contributed by atoms with van der Waals surface area (Å²) in [4.78, 5) is 12.4. The first-order valence-electron chi connectivity index (χ1n) is 7.12. The number of aromatic nitrogens is 3. The second kappa shape index (κ2) is 6.97. The van der Waals surface area contributed by atoms with Gasteiger partial charge in [0.1, 0.15) is 0 Å². The predicted octanol–water partition coefficient (Wildman–Crippen LogP) is 3.02. The van der Waals surface area contributed by atoms with E-state index in [0.29, 0.717) is 11.7 Å². The summed E-state index contributed by atoms with van der Waals surface area (Å²) < 4.78 is 2.03. The maximum atomic E-state index is 11.4. The van der Waals surface area contributed by atoms with Gasteiger partial charge in [-0.05, 0) is 23.9 Å². The van der Waals surface area contributed by atoms with Crippen molar-refractivity contribution in [1.82, 2.24) is 14.8 Å². The Kier molecular flexibility index (Phi) is 4.78. The number of hydrogen-bond acceptors (Lipinski definition) is 5. The van der Waals surface area contributed by atoms with E-state index in [1.165, 1.54) is 11.8 Å². The van der Waals surface area contributed by atoms with E-state index in [1.54, 1.807) is 18.3 Å². The second-order valence-electron chi connectivity index (χ2n) is 5.02. The topological polar surface area (TPSA) is 73.8 Å². The van der Waals surface area contributed by atoms with Crippen molar-refractivity contribution in [3.63, 3.8) is 0 Å². The van der Waals surface area contributed by atoms with Crippen LogP contribution in [0.2, 0.25) is 0 Å². The van der Waals surface area contributed by atoms with Crippen LogP contribution in [0, 0.1) is 0 Å². The van der Waals surface area contributed by atoms with Gasteiger partial charge >= 0.3 is 0 Å². The molecule has 1 amide bonds. The molecule has 0 aliphatic heterocycles. The number of carbonyl (C=O) groups excluding carboxylic acids is 1. The van der Waals surface area contributed by atoms with Crippen LogP contribution in [-0.2, 0) is 11.3 Å². The van der Waals surface area contributed by atoms with Crippen molar-refractivity contribution in [2.45, 2.75) is 23.9 Å². The van der Waals surface area contributed by atoms with Crippen molar-refractivity contribution in [1.29, 1.82) is 0 Å². The summed E-state index contributed by atoms with van der Waals surface area (Å²) in [5.74, 6) is 0.449. The molecule has 7 heteroatoms. The molecule has 0 bridgehead atoms. The van der Waals surface area contributed by atoms with Crippen LogP contribution >= 0.6 is 23.1 Å². The molecule has 2 N–H and O–H groups in total. The first-order valence-corrected chi connectivity index (χ1v) is 8.88. The third kappa shape index (κ3) is 3.62. The molecule has 0 saturated carbocycles. The third-order valence-electron chi connectivity index (χ3n) is 3.32. The highest BCUT2D eigenvalue weighted by Crippen LogP contribution is 2.29. The van der Waals surface area contributed by atoms with E-state index >= 15 is 0 Å². The lowest BCUT2D eigenvalue weighted by molar-refractivity contribution is -0.117. The van der Waals surface area contributed by atoms with E-state index in [0.717, 1.165) is 16.3 Å². The Morgan fingerprint density at radius 3 is 2.70 bits per heavy atom. The van der Waals surface area contributed by atoms with Crippen molar-refractivity contribution in [2.75, 3.05) is 0 Å². The Hall–Kier alpha value is -2.12. The molecule has 2 aromatic heterocycles. The Morgan fingerprint density at radius 1 is 1.26 bits per heavy atom. The largest absolute Gasteiger partial charge is 0.369 e. The molecule has 23 heavy (non-hydrogen) atoms. The Labute approximate surface area is 142 Å². The predicted molar refractivity (Wildman–Crippen MR) is 93.4 cm³/mol. The molecule has 3 rings (SSSR count). The SMILES string of the molecule is CC(Sc1nnc(-c2cccs2)n1Cc1ccccc1)C(N)=O. The Balaban J connectivity index is 1.98. The second-order valence-corrected chi connectivity index (χ2v) is 7.27. The van der Waals surface area contributed by atoms with Crippen LogP contribution in [0.3, 0.4) is 0 Å². The van der Waals surface area contributed by atoms with Gasteiger partial charge in [-0.25, -0.2) is 0 Å². The van der Waals surface area contributed by atoms with E-state index < -0.39 is 0 Å². The summed E-state index contributed by atoms with van der Waals surface area (Å²) >= 11 is 2.95. The highest BCUT2D eigenvalue weighted by Gasteiger charge is 2.19. The fourth-order valence-corrected chi connectivity index (χ4v) is 3.60. The minimum atomic E-state index is -0.359. The Morgan fingerprint density at radius 2 is 2.04 bits per heavy atom. The number of carbonyl (C=O) groups is 1. The number of benzene rings is 1. The molecule has 0 radical (unpaired) electrons. The molecule has 0 aliphatic rings. The van der Waals surface area contributed by atoms with Crippen LogP contribution in [0.15, 0.2) is 53.0 Å². The van der Waals surface area contributed by atoms with Gasteiger partial charge in [-0.15, -0.1) is 21.5 Å². The van der Waals surface area contributed by atoms with Crippen molar-refractivity contribution in [3.8, 4) is 10.7 Å². The maximum absolute atomic E-state index is 11.4. The summed E-state index contributed by atoms with van der Waals surface area (Å²) in [6, 6.07) is 14.1. The van der Waals surface area contributed by atoms with Crippen molar-refractivity contribution in [2.24, 2.45) is 5.73 Å². The zero-order chi connectivity index (χ0) is 16.2. The number of nitrogens with two attached hydrogens (primary N) is 1. The molecule has 2 heterocycles. The first kappa shape index (κ1) is 15.8. The summed E-state index contributed by atoms with van der Waals surface area (Å²) in [5, 5.41) is 10.9. The van der Waals surface area contributed by atoms with Crippen LogP contribution in [0.25, 0.3) is 10.7 Å². The minimum Gasteiger partial charge on any atom is -0.369 e. The molecule has 0 fully saturated rings. The van der Waals surface area contributed by atoms with Gasteiger partial charge in [0, 0.05) is 0 Å². The fraction of sp³-hybridized carbons (Fsp3) is 0.188. The van der Waals surface area contributed by atoms with E-state index in [-0.39, 0.29) is 11.2 Å². The van der Waals surface area contributed by atoms with Gasteiger partial charge in [0.05, 0.1) is 16.7 Å². The lowest BCUT2D eigenvalue weighted by Crippen LogP contribution is -2.23. The third-order valence-corrected chi connectivity index (χ3v) is 5.29. The van der Waals surface area contributed by atoms with Crippen LogP contribution in [0.1, 0.15) is 12.5 Å². The first-order chi connectivity index (χ1) is 11.1. The highest BCUT2D eigenvalue weighted by atomic mass is 32.2. The van der Waals surface area contributed by atoms with Gasteiger partial charge in [0.25, 0.3) is 0 Å². The number of thioether (sulfide) groups is 1. The lowest BCUT2D eigenvalue weighted by atomic mass is 10.2. The lowest BCUT2D eigenvalue weighted by Gasteiger charge is -2.11. The van der Waals surface area contributed by atoms with E-state index in [4.69, 9.17) is 5.73 Å². The van der Waals surface area contributed by atoms with Gasteiger partial charge < -0.3 is 5.73 Å². The monoisotopic (exact) mass is 344 g/mol. The molecule has 5 nitrogen and oxygen atoms in total. The van der Waals surface area contributed by atoms with Crippen molar-refractivity contribution >= 4 is 29.0 Å². The van der Waals surface area contributed by atoms with Gasteiger partial charge in [-0.3, -0.25) is 9.36 Å². The molecule has 1 atom stereocenters. The summed E-state index contributed by atoms with van der Waals surface area (Å²) in [7, 11) is 0. The summed E-state index contributed by atoms with van der Waals surface area (Å²) in [5.41, 5.74) is 6.52. The number of amides is 1. The van der Waals surface area contributed by atoms with E-state index in [1.807, 2.05) is 40.3 Å². The molecule has 0 spiro atoms. The highest BCUT2D eigenvalue weighted by molar-refractivity contribution is 8.00. The molecule has 0 saturated heterocycles. The molecule has 3 aromatic rings. The van der Waals surface area contributed by atoms with Crippen LogP contribution in [0.5, 0.6) is 0 Å². The molecular formula is C16H16N4OS2. The standard InChI is InChI=1S/C16H16N4OS2/c1-11(14(17)21)23-16-19-18-15(13-8-5-9-22-13)20(16)10-12-6-3-2-4-7-12/h2-9,11H,10H2,1H3,(H2,17,21). The minimum absolute atomic E-state index is 0.357. The molecular weight excluding hydrogens is 328 g/mol. The average molecular weight is 344 g/mol. The summed E-state index contributed by atoms with van der Waals surface area (Å²) in [6.07, 6.45) is 0. The van der Waals surface area contributed by atoms with E-state index in [2.05, 4.69) is 22.3 Å². The van der Waals surface area contributed by atoms with Gasteiger partial charge in [-0.2, -0.15) is 0 Å². The maximum Gasteiger partial charge on any atom is 0.230 e. The number of rotatable bonds is 6. The zero-order valence-corrected chi connectivity index (χ0v) is 14.2. The molecule has 118 valence electrons. The van der Waals surface area contributed by atoms with Crippen molar-refractivity contribution in [3.05, 3.63) is 53.4 Å². The van der Waals surface area contributed by atoms with Crippen LogP contribution in [0.4, 0.5) is 0 Å². The summed E-state index contributed by atoms with van der Waals surface area (Å²) in [6.45, 7) is 2.42. The Bertz CT molecular complexity index is 784. The number of thiophene rings is 1. The number of primary amides is 1. The quantitative estimate of drug-likeness (QED) is 0.698. The molecule has 1 unspecified atom stereocenters. The smallest absolute Gasteiger partial charge is 0.230 e. The fourth-order valence-electron chi connectivity index (χ4n) is 2.09. The van der Waals surface area contributed by atoms with Gasteiger partial charge in [0.2, 0.25) is 5.91 Å². The van der Waals surface area contributed by atoms with E-state index in [9.17, 15) is 4.79 Å². The van der Waals surface area contributed by atoms with Crippen molar-refractivity contribution < 1.29 is 4.79 Å². The van der Waals surface area contributed by atoms with Crippen LogP contribution < -0.4 is 5.73 Å².